The van der Waals surface area contributed by atoms with E-state index in [1.54, 1.807) is 0 Å². The van der Waals surface area contributed by atoms with Gasteiger partial charge in [-0.25, -0.2) is 0 Å². The summed E-state index contributed by atoms with van der Waals surface area (Å²) in [4.78, 5) is 13.0. The fourth-order valence-electron chi connectivity index (χ4n) is 6.12. The fraction of sp³-hybridized carbons (Fsp3) is 0.622. The lowest BCUT2D eigenvalue weighted by Crippen LogP contribution is -2.25. The third-order valence-electron chi connectivity index (χ3n) is 8.77. The number of benzene rings is 2. The number of nitrogens with zero attached hydrogens (tertiary/aromatic N) is 1. The first-order valence-corrected chi connectivity index (χ1v) is 16.5. The van der Waals surface area contributed by atoms with Crippen molar-refractivity contribution in [3.05, 3.63) is 64.7 Å². The Labute approximate surface area is 244 Å². The van der Waals surface area contributed by atoms with E-state index in [-0.39, 0.29) is 11.9 Å². The average Bonchev–Trinajstić information content (AvgIpc) is 2.99. The van der Waals surface area contributed by atoms with E-state index in [4.69, 9.17) is 4.74 Å². The first-order chi connectivity index (χ1) is 19.6. The van der Waals surface area contributed by atoms with Crippen molar-refractivity contribution in [2.45, 2.75) is 142 Å². The van der Waals surface area contributed by atoms with Crippen molar-refractivity contribution in [2.75, 3.05) is 0 Å². The lowest BCUT2D eigenvalue weighted by Gasteiger charge is -2.27. The number of unbranched alkanes of at least 4 members (excludes halogenated alkanes) is 11. The zero-order chi connectivity index (χ0) is 28.4. The molecule has 3 nitrogen and oxygen atoms in total. The maximum absolute atomic E-state index is 13.0. The highest BCUT2D eigenvalue weighted by molar-refractivity contribution is 5.76. The van der Waals surface area contributed by atoms with E-state index in [1.807, 2.05) is 18.2 Å². The van der Waals surface area contributed by atoms with Crippen LogP contribution in [0.5, 0.6) is 5.75 Å². The highest BCUT2D eigenvalue weighted by Gasteiger charge is 2.29. The smallest absolute Gasteiger partial charge is 0.314 e. The Morgan fingerprint density at radius 3 is 1.82 bits per heavy atom. The van der Waals surface area contributed by atoms with Crippen LogP contribution < -0.4 is 4.74 Å². The average molecular weight is 544 g/mol. The predicted molar refractivity (Wildman–Crippen MR) is 167 cm³/mol. The Morgan fingerprint density at radius 1 is 0.725 bits per heavy atom. The molecule has 218 valence electrons. The minimum atomic E-state index is -0.177. The van der Waals surface area contributed by atoms with Crippen molar-refractivity contribution in [2.24, 2.45) is 5.92 Å². The molecule has 0 atom stereocenters. The van der Waals surface area contributed by atoms with Crippen LogP contribution in [-0.2, 0) is 17.6 Å². The molecule has 2 aromatic carbocycles. The van der Waals surface area contributed by atoms with E-state index in [1.165, 1.54) is 94.6 Å². The van der Waals surface area contributed by atoms with E-state index < -0.39 is 0 Å². The largest absolute Gasteiger partial charge is 0.425 e. The number of ether oxygens (including phenoxy) is 1. The van der Waals surface area contributed by atoms with Crippen LogP contribution in [0.2, 0.25) is 0 Å². The van der Waals surface area contributed by atoms with Crippen LogP contribution in [0.4, 0.5) is 0 Å². The van der Waals surface area contributed by atoms with E-state index in [0.717, 1.165) is 44.1 Å². The third kappa shape index (κ3) is 11.1. The van der Waals surface area contributed by atoms with Crippen molar-refractivity contribution in [1.82, 2.24) is 0 Å². The van der Waals surface area contributed by atoms with Crippen molar-refractivity contribution < 1.29 is 9.53 Å². The van der Waals surface area contributed by atoms with E-state index in [0.29, 0.717) is 17.2 Å². The standard InChI is InChI=1S/C37H53NO2/c1-3-5-7-9-10-11-13-15-17-31-20-27-36(35(28-31)29-38)40-37(39)34-25-23-33(24-26-34)32-21-18-30(19-22-32)16-14-12-8-6-4-2/h18-22,27-28,33-34H,3-17,23-26H2,1-2H3. The normalized spacial score (nSPS) is 16.9. The number of carbonyl (C=O) groups is 1. The molecule has 1 saturated carbocycles. The summed E-state index contributed by atoms with van der Waals surface area (Å²) >= 11 is 0. The van der Waals surface area contributed by atoms with Crippen LogP contribution in [0.1, 0.15) is 151 Å². The number of hydrogen-bond donors (Lipinski definition) is 0. The molecule has 0 spiro atoms. The summed E-state index contributed by atoms with van der Waals surface area (Å²) in [7, 11) is 0. The number of esters is 1. The molecular weight excluding hydrogens is 490 g/mol. The molecule has 0 unspecified atom stereocenters. The van der Waals surface area contributed by atoms with Crippen molar-refractivity contribution in [1.29, 1.82) is 5.26 Å². The van der Waals surface area contributed by atoms with E-state index >= 15 is 0 Å². The number of rotatable bonds is 18. The van der Waals surface area contributed by atoms with Gasteiger partial charge in [0, 0.05) is 0 Å². The van der Waals surface area contributed by atoms with Crippen molar-refractivity contribution in [3.8, 4) is 11.8 Å². The maximum atomic E-state index is 13.0. The van der Waals surface area contributed by atoms with Gasteiger partial charge in [0.15, 0.2) is 0 Å². The molecule has 3 rings (SSSR count). The van der Waals surface area contributed by atoms with Crippen LogP contribution >= 0.6 is 0 Å². The summed E-state index contributed by atoms with van der Waals surface area (Å²) in [5, 5.41) is 9.70. The second-order valence-corrected chi connectivity index (χ2v) is 12.0. The Kier molecular flexibility index (Phi) is 14.9. The molecule has 0 radical (unpaired) electrons. The summed E-state index contributed by atoms with van der Waals surface area (Å²) in [5.74, 6) is 0.680. The predicted octanol–water partition coefficient (Wildman–Crippen LogP) is 10.6. The van der Waals surface area contributed by atoms with Gasteiger partial charge in [-0.2, -0.15) is 5.26 Å². The van der Waals surface area contributed by atoms with Gasteiger partial charge in [-0.05, 0) is 86.1 Å². The second kappa shape index (κ2) is 18.7. The van der Waals surface area contributed by atoms with Gasteiger partial charge >= 0.3 is 5.97 Å². The van der Waals surface area contributed by atoms with Gasteiger partial charge in [-0.15, -0.1) is 0 Å². The molecule has 1 aliphatic carbocycles. The highest BCUT2D eigenvalue weighted by Crippen LogP contribution is 2.37. The van der Waals surface area contributed by atoms with Gasteiger partial charge in [0.25, 0.3) is 0 Å². The number of nitriles is 1. The minimum absolute atomic E-state index is 0.0813. The molecule has 1 fully saturated rings. The highest BCUT2D eigenvalue weighted by atomic mass is 16.5. The number of aryl methyl sites for hydroxylation is 2. The van der Waals surface area contributed by atoms with Crippen LogP contribution in [0.15, 0.2) is 42.5 Å². The quantitative estimate of drug-likeness (QED) is 0.107. The zero-order valence-electron chi connectivity index (χ0n) is 25.4. The summed E-state index contributed by atoms with van der Waals surface area (Å²) in [6, 6.07) is 17.2. The monoisotopic (exact) mass is 543 g/mol. The molecule has 0 aliphatic heterocycles. The molecular formula is C37H53NO2. The fourth-order valence-corrected chi connectivity index (χ4v) is 6.12. The van der Waals surface area contributed by atoms with Crippen LogP contribution in [0.3, 0.4) is 0 Å². The van der Waals surface area contributed by atoms with E-state index in [2.05, 4.69) is 44.2 Å². The van der Waals surface area contributed by atoms with Gasteiger partial charge in [0.1, 0.15) is 11.8 Å². The first-order valence-electron chi connectivity index (χ1n) is 16.5. The SMILES string of the molecule is CCCCCCCCCCc1ccc(OC(=O)C2CCC(c3ccc(CCCCCCC)cc3)CC2)c(C#N)c1. The van der Waals surface area contributed by atoms with Gasteiger partial charge in [0.2, 0.25) is 0 Å². The van der Waals surface area contributed by atoms with Crippen molar-refractivity contribution >= 4 is 5.97 Å². The first kappa shape index (κ1) is 31.9. The summed E-state index contributed by atoms with van der Waals surface area (Å²) < 4.78 is 5.78. The van der Waals surface area contributed by atoms with Gasteiger partial charge in [-0.1, -0.05) is 115 Å². The molecule has 1 aliphatic rings. The zero-order valence-corrected chi connectivity index (χ0v) is 25.4. The third-order valence-corrected chi connectivity index (χ3v) is 8.77. The Balaban J connectivity index is 1.39. The molecule has 0 N–H and O–H groups in total. The molecule has 0 saturated heterocycles. The summed E-state index contributed by atoms with van der Waals surface area (Å²) in [6.07, 6.45) is 22.8. The molecule has 0 amide bonds. The Bertz CT molecular complexity index is 1030. The summed E-state index contributed by atoms with van der Waals surface area (Å²) in [5.41, 5.74) is 4.48. The lowest BCUT2D eigenvalue weighted by atomic mass is 9.78. The van der Waals surface area contributed by atoms with Gasteiger partial charge in [0.05, 0.1) is 11.5 Å². The molecule has 0 aromatic heterocycles. The number of carbonyl (C=O) groups excluding carboxylic acids is 1. The molecule has 2 aromatic rings. The van der Waals surface area contributed by atoms with Crippen LogP contribution in [0, 0.1) is 17.2 Å². The van der Waals surface area contributed by atoms with Crippen LogP contribution in [-0.4, -0.2) is 5.97 Å². The van der Waals surface area contributed by atoms with Crippen LogP contribution in [0.25, 0.3) is 0 Å². The molecule has 3 heteroatoms. The maximum Gasteiger partial charge on any atom is 0.314 e. The minimum Gasteiger partial charge on any atom is -0.425 e. The number of hydrogen-bond acceptors (Lipinski definition) is 3. The lowest BCUT2D eigenvalue weighted by molar-refractivity contribution is -0.140. The second-order valence-electron chi connectivity index (χ2n) is 12.0. The van der Waals surface area contributed by atoms with Gasteiger partial charge < -0.3 is 4.74 Å². The summed E-state index contributed by atoms with van der Waals surface area (Å²) in [6.45, 7) is 4.51. The molecule has 0 heterocycles. The molecule has 40 heavy (non-hydrogen) atoms. The Hall–Kier alpha value is -2.60. The van der Waals surface area contributed by atoms with E-state index in [9.17, 15) is 10.1 Å². The van der Waals surface area contributed by atoms with Gasteiger partial charge in [-0.3, -0.25) is 4.79 Å². The topological polar surface area (TPSA) is 50.1 Å². The Morgan fingerprint density at radius 2 is 1.25 bits per heavy atom. The van der Waals surface area contributed by atoms with Crippen molar-refractivity contribution in [3.63, 3.8) is 0 Å². The molecule has 0 bridgehead atoms.